The first-order valence-corrected chi connectivity index (χ1v) is 5.84. The summed E-state index contributed by atoms with van der Waals surface area (Å²) in [4.78, 5) is 12.3. The van der Waals surface area contributed by atoms with Gasteiger partial charge in [0.15, 0.2) is 6.61 Å². The number of nitrogens with zero attached hydrogens (tertiary/aromatic N) is 1. The lowest BCUT2D eigenvalue weighted by Gasteiger charge is -2.25. The number of hydrogen-bond donors (Lipinski definition) is 1. The van der Waals surface area contributed by atoms with Crippen molar-refractivity contribution in [2.75, 3.05) is 18.6 Å². The van der Waals surface area contributed by atoms with Gasteiger partial charge >= 0.3 is 0 Å². The summed E-state index contributed by atoms with van der Waals surface area (Å²) >= 11 is 0. The Morgan fingerprint density at radius 1 is 1.44 bits per heavy atom. The van der Waals surface area contributed by atoms with E-state index < -0.39 is 10.1 Å². The highest BCUT2D eigenvalue weighted by molar-refractivity contribution is 7.85. The fourth-order valence-electron chi connectivity index (χ4n) is 1.41. The maximum absolute atomic E-state index is 11.3. The normalized spacial score (nSPS) is 15.6. The number of carbonyl (C=O) groups excluding carboxylic acids is 1. The van der Waals surface area contributed by atoms with Crippen molar-refractivity contribution in [1.29, 1.82) is 0 Å². The first-order chi connectivity index (χ1) is 7.39. The second-order valence-corrected chi connectivity index (χ2v) is 4.77. The quantitative estimate of drug-likeness (QED) is 0.716. The zero-order valence-electron chi connectivity index (χ0n) is 8.37. The van der Waals surface area contributed by atoms with Gasteiger partial charge in [0.1, 0.15) is 5.75 Å². The molecule has 6 nitrogen and oxygen atoms in total. The second kappa shape index (κ2) is 3.46. The Kier molecular flexibility index (Phi) is 2.36. The molecule has 1 aromatic carbocycles. The lowest BCUT2D eigenvalue weighted by Crippen LogP contribution is -2.35. The van der Waals surface area contributed by atoms with E-state index >= 15 is 0 Å². The smallest absolute Gasteiger partial charge is 0.294 e. The molecule has 0 saturated carbocycles. The molecule has 86 valence electrons. The molecule has 1 heterocycles. The minimum Gasteiger partial charge on any atom is -0.482 e. The molecule has 0 bridgehead atoms. The molecule has 2 rings (SSSR count). The molecule has 0 saturated heterocycles. The molecule has 0 fully saturated rings. The van der Waals surface area contributed by atoms with E-state index in [2.05, 4.69) is 0 Å². The molecule has 0 radical (unpaired) electrons. The second-order valence-electron chi connectivity index (χ2n) is 3.35. The third-order valence-corrected chi connectivity index (χ3v) is 3.16. The summed E-state index contributed by atoms with van der Waals surface area (Å²) in [6, 6.07) is 3.82. The van der Waals surface area contributed by atoms with Crippen molar-refractivity contribution in [3.63, 3.8) is 0 Å². The lowest BCUT2D eigenvalue weighted by atomic mass is 10.2. The molecule has 1 aliphatic rings. The number of amides is 1. The van der Waals surface area contributed by atoms with Crippen molar-refractivity contribution >= 4 is 21.7 Å². The molecule has 1 aliphatic heterocycles. The van der Waals surface area contributed by atoms with Gasteiger partial charge in [-0.3, -0.25) is 9.35 Å². The minimum absolute atomic E-state index is 0.0747. The van der Waals surface area contributed by atoms with Crippen LogP contribution in [0.1, 0.15) is 0 Å². The van der Waals surface area contributed by atoms with Gasteiger partial charge in [-0.15, -0.1) is 0 Å². The van der Waals surface area contributed by atoms with Gasteiger partial charge in [0.05, 0.1) is 10.6 Å². The average Bonchev–Trinajstić information content (AvgIpc) is 2.22. The van der Waals surface area contributed by atoms with E-state index in [1.165, 1.54) is 30.1 Å². The van der Waals surface area contributed by atoms with Gasteiger partial charge in [-0.05, 0) is 18.2 Å². The summed E-state index contributed by atoms with van der Waals surface area (Å²) in [5, 5.41) is 0. The zero-order valence-corrected chi connectivity index (χ0v) is 9.19. The van der Waals surface area contributed by atoms with Crippen LogP contribution >= 0.6 is 0 Å². The monoisotopic (exact) mass is 243 g/mol. The number of carbonyl (C=O) groups is 1. The SMILES string of the molecule is CN1C(=O)COc2ccc(S(=O)(=O)O)cc21. The molecule has 0 atom stereocenters. The summed E-state index contributed by atoms with van der Waals surface area (Å²) in [5.74, 6) is 0.134. The molecule has 16 heavy (non-hydrogen) atoms. The Bertz CT molecular complexity index is 551. The van der Waals surface area contributed by atoms with E-state index in [1.807, 2.05) is 0 Å². The van der Waals surface area contributed by atoms with Crippen LogP contribution in [-0.2, 0) is 14.9 Å². The van der Waals surface area contributed by atoms with Gasteiger partial charge < -0.3 is 9.64 Å². The van der Waals surface area contributed by atoms with Gasteiger partial charge in [0.25, 0.3) is 16.0 Å². The van der Waals surface area contributed by atoms with Crippen LogP contribution in [0.15, 0.2) is 23.1 Å². The van der Waals surface area contributed by atoms with Crippen molar-refractivity contribution < 1.29 is 22.5 Å². The maximum atomic E-state index is 11.3. The van der Waals surface area contributed by atoms with Gasteiger partial charge in [0.2, 0.25) is 0 Å². The van der Waals surface area contributed by atoms with Gasteiger partial charge in [-0.1, -0.05) is 0 Å². The largest absolute Gasteiger partial charge is 0.482 e. The van der Waals surface area contributed by atoms with Gasteiger partial charge in [-0.25, -0.2) is 0 Å². The lowest BCUT2D eigenvalue weighted by molar-refractivity contribution is -0.120. The number of anilines is 1. The topological polar surface area (TPSA) is 83.9 Å². The molecule has 0 unspecified atom stereocenters. The van der Waals surface area contributed by atoms with Crippen molar-refractivity contribution in [2.24, 2.45) is 0 Å². The molecule has 0 aliphatic carbocycles. The van der Waals surface area contributed by atoms with Crippen LogP contribution in [-0.4, -0.2) is 32.5 Å². The van der Waals surface area contributed by atoms with E-state index in [9.17, 15) is 13.2 Å². The first kappa shape index (κ1) is 10.9. The van der Waals surface area contributed by atoms with Crippen LogP contribution in [0.5, 0.6) is 5.75 Å². The molecule has 7 heteroatoms. The average molecular weight is 243 g/mol. The zero-order chi connectivity index (χ0) is 11.9. The van der Waals surface area contributed by atoms with Crippen LogP contribution in [0.25, 0.3) is 0 Å². The molecule has 1 aromatic rings. The highest BCUT2D eigenvalue weighted by Gasteiger charge is 2.24. The molecular weight excluding hydrogens is 234 g/mol. The van der Waals surface area contributed by atoms with Crippen molar-refractivity contribution in [1.82, 2.24) is 0 Å². The Morgan fingerprint density at radius 2 is 2.12 bits per heavy atom. The number of likely N-dealkylation sites (N-methyl/N-ethyl adjacent to an activating group) is 1. The minimum atomic E-state index is -4.27. The van der Waals surface area contributed by atoms with Crippen molar-refractivity contribution in [2.45, 2.75) is 4.90 Å². The summed E-state index contributed by atoms with van der Waals surface area (Å²) in [5.41, 5.74) is 0.325. The van der Waals surface area contributed by atoms with Crippen LogP contribution < -0.4 is 9.64 Å². The van der Waals surface area contributed by atoms with Crippen LogP contribution in [0.2, 0.25) is 0 Å². The molecular formula is C9H9NO5S. The first-order valence-electron chi connectivity index (χ1n) is 4.40. The van der Waals surface area contributed by atoms with Gasteiger partial charge in [0, 0.05) is 7.05 Å². The summed E-state index contributed by atoms with van der Waals surface area (Å²) in [6.07, 6.45) is 0. The number of hydrogen-bond acceptors (Lipinski definition) is 4. The number of fused-ring (bicyclic) bond motifs is 1. The Balaban J connectivity index is 2.57. The number of benzene rings is 1. The summed E-state index contributed by atoms with van der Waals surface area (Å²) in [6.45, 7) is -0.0747. The fourth-order valence-corrected chi connectivity index (χ4v) is 1.91. The van der Waals surface area contributed by atoms with E-state index in [4.69, 9.17) is 9.29 Å². The molecule has 1 amide bonds. The predicted octanol–water partition coefficient (Wildman–Crippen LogP) is 0.289. The van der Waals surface area contributed by atoms with E-state index in [0.29, 0.717) is 11.4 Å². The highest BCUT2D eigenvalue weighted by Crippen LogP contribution is 2.33. The number of ether oxygens (including phenoxy) is 1. The predicted molar refractivity (Wildman–Crippen MR) is 55.2 cm³/mol. The third-order valence-electron chi connectivity index (χ3n) is 2.31. The highest BCUT2D eigenvalue weighted by atomic mass is 32.2. The van der Waals surface area contributed by atoms with Crippen LogP contribution in [0, 0.1) is 0 Å². The Hall–Kier alpha value is -1.60. The maximum Gasteiger partial charge on any atom is 0.294 e. The summed E-state index contributed by atoms with van der Waals surface area (Å²) in [7, 11) is -2.76. The summed E-state index contributed by atoms with van der Waals surface area (Å²) < 4.78 is 35.8. The standard InChI is InChI=1S/C9H9NO5S/c1-10-7-4-6(16(12,13)14)2-3-8(7)15-5-9(10)11/h2-4H,5H2,1H3,(H,12,13,14). The van der Waals surface area contributed by atoms with Crippen LogP contribution in [0.3, 0.4) is 0 Å². The van der Waals surface area contributed by atoms with E-state index in [-0.39, 0.29) is 17.4 Å². The molecule has 0 aromatic heterocycles. The van der Waals surface area contributed by atoms with Crippen molar-refractivity contribution in [3.8, 4) is 5.75 Å². The number of rotatable bonds is 1. The molecule has 0 spiro atoms. The van der Waals surface area contributed by atoms with E-state index in [1.54, 1.807) is 0 Å². The fraction of sp³-hybridized carbons (Fsp3) is 0.222. The van der Waals surface area contributed by atoms with Crippen molar-refractivity contribution in [3.05, 3.63) is 18.2 Å². The Labute approximate surface area is 92.2 Å². The van der Waals surface area contributed by atoms with Crippen LogP contribution in [0.4, 0.5) is 5.69 Å². The van der Waals surface area contributed by atoms with Gasteiger partial charge in [-0.2, -0.15) is 8.42 Å². The van der Waals surface area contributed by atoms with E-state index in [0.717, 1.165) is 0 Å². The third kappa shape index (κ3) is 1.74. The Morgan fingerprint density at radius 3 is 2.75 bits per heavy atom. The molecule has 1 N–H and O–H groups in total.